The normalized spacial score (nSPS) is 18.8. The summed E-state index contributed by atoms with van der Waals surface area (Å²) in [7, 11) is 1.83. The number of hydrogen-bond acceptors (Lipinski definition) is 3. The SMILES string of the molecule is CN1CN(c2ccccc2)C2(CCN(C(=O)C=Cc3ccc(F)cc3)CC2)C1=O. The number of piperidine rings is 1. The number of carbonyl (C=O) groups excluding carboxylic acids is 2. The van der Waals surface area contributed by atoms with Crippen LogP contribution in [0.1, 0.15) is 18.4 Å². The number of benzene rings is 2. The second-order valence-electron chi connectivity index (χ2n) is 7.65. The molecule has 5 nitrogen and oxygen atoms in total. The Labute approximate surface area is 170 Å². The standard InChI is InChI=1S/C23H24FN3O2/c1-25-17-27(20-5-3-2-4-6-20)23(22(25)29)13-15-26(16-14-23)21(28)12-9-18-7-10-19(24)11-8-18/h2-12H,13-17H2,1H3. The van der Waals surface area contributed by atoms with Crippen LogP contribution in [0, 0.1) is 5.82 Å². The van der Waals surface area contributed by atoms with E-state index in [0.29, 0.717) is 32.6 Å². The van der Waals surface area contributed by atoms with E-state index in [0.717, 1.165) is 11.3 Å². The first kappa shape index (κ1) is 19.2. The van der Waals surface area contributed by atoms with Gasteiger partial charge in [-0.1, -0.05) is 30.3 Å². The topological polar surface area (TPSA) is 43.9 Å². The lowest BCUT2D eigenvalue weighted by Gasteiger charge is -2.43. The van der Waals surface area contributed by atoms with Crippen LogP contribution in [0.15, 0.2) is 60.7 Å². The molecule has 2 aliphatic rings. The van der Waals surface area contributed by atoms with Crippen LogP contribution in [0.25, 0.3) is 6.08 Å². The molecule has 0 unspecified atom stereocenters. The van der Waals surface area contributed by atoms with Crippen LogP contribution in [-0.2, 0) is 9.59 Å². The van der Waals surface area contributed by atoms with E-state index in [-0.39, 0.29) is 17.6 Å². The van der Waals surface area contributed by atoms with Crippen molar-refractivity contribution in [1.29, 1.82) is 0 Å². The average molecular weight is 393 g/mol. The summed E-state index contributed by atoms with van der Waals surface area (Å²) in [5.74, 6) is -0.270. The Morgan fingerprint density at radius 3 is 2.34 bits per heavy atom. The second kappa shape index (κ2) is 7.70. The van der Waals surface area contributed by atoms with Crippen molar-refractivity contribution < 1.29 is 14.0 Å². The highest BCUT2D eigenvalue weighted by atomic mass is 19.1. The highest BCUT2D eigenvalue weighted by Gasteiger charge is 2.52. The van der Waals surface area contributed by atoms with Gasteiger partial charge in [0.2, 0.25) is 11.8 Å². The Kier molecular flexibility index (Phi) is 5.09. The number of halogens is 1. The summed E-state index contributed by atoms with van der Waals surface area (Å²) < 4.78 is 13.0. The van der Waals surface area contributed by atoms with Crippen molar-refractivity contribution in [1.82, 2.24) is 9.80 Å². The van der Waals surface area contributed by atoms with Crippen LogP contribution in [-0.4, -0.2) is 54.0 Å². The van der Waals surface area contributed by atoms with E-state index >= 15 is 0 Å². The summed E-state index contributed by atoms with van der Waals surface area (Å²) in [6.45, 7) is 1.60. The molecule has 2 aromatic carbocycles. The van der Waals surface area contributed by atoms with Gasteiger partial charge < -0.3 is 14.7 Å². The molecule has 2 amide bonds. The van der Waals surface area contributed by atoms with Crippen molar-refractivity contribution in [3.8, 4) is 0 Å². The van der Waals surface area contributed by atoms with Crippen LogP contribution in [0.4, 0.5) is 10.1 Å². The smallest absolute Gasteiger partial charge is 0.249 e. The monoisotopic (exact) mass is 393 g/mol. The van der Waals surface area contributed by atoms with E-state index in [2.05, 4.69) is 4.90 Å². The van der Waals surface area contributed by atoms with Crippen molar-refractivity contribution in [2.24, 2.45) is 0 Å². The van der Waals surface area contributed by atoms with Gasteiger partial charge in [0.05, 0.1) is 6.67 Å². The zero-order chi connectivity index (χ0) is 20.4. The molecule has 0 bridgehead atoms. The molecule has 2 saturated heterocycles. The number of likely N-dealkylation sites (tertiary alicyclic amines) is 1. The van der Waals surface area contributed by atoms with Gasteiger partial charge in [-0.25, -0.2) is 4.39 Å². The molecule has 29 heavy (non-hydrogen) atoms. The minimum absolute atomic E-state index is 0.0887. The molecular formula is C23H24FN3O2. The molecule has 2 fully saturated rings. The number of amides is 2. The van der Waals surface area contributed by atoms with E-state index < -0.39 is 5.54 Å². The van der Waals surface area contributed by atoms with Crippen LogP contribution in [0.2, 0.25) is 0 Å². The van der Waals surface area contributed by atoms with E-state index in [1.165, 1.54) is 18.2 Å². The van der Waals surface area contributed by atoms with E-state index in [1.807, 2.05) is 37.4 Å². The second-order valence-corrected chi connectivity index (χ2v) is 7.65. The fourth-order valence-electron chi connectivity index (χ4n) is 4.25. The minimum atomic E-state index is -0.590. The van der Waals surface area contributed by atoms with E-state index in [1.54, 1.807) is 28.0 Å². The lowest BCUT2D eigenvalue weighted by atomic mass is 9.85. The maximum Gasteiger partial charge on any atom is 0.249 e. The van der Waals surface area contributed by atoms with Gasteiger partial charge in [-0.2, -0.15) is 0 Å². The zero-order valence-corrected chi connectivity index (χ0v) is 16.4. The molecule has 6 heteroatoms. The van der Waals surface area contributed by atoms with Crippen molar-refractivity contribution in [2.75, 3.05) is 31.7 Å². The molecule has 2 aromatic rings. The van der Waals surface area contributed by atoms with E-state index in [4.69, 9.17) is 0 Å². The molecule has 0 aromatic heterocycles. The predicted molar refractivity (Wildman–Crippen MR) is 111 cm³/mol. The third-order valence-corrected chi connectivity index (χ3v) is 5.87. The van der Waals surface area contributed by atoms with Crippen LogP contribution in [0.3, 0.4) is 0 Å². The lowest BCUT2D eigenvalue weighted by Crippen LogP contribution is -2.57. The van der Waals surface area contributed by atoms with Crippen molar-refractivity contribution in [2.45, 2.75) is 18.4 Å². The number of anilines is 1. The molecule has 0 aliphatic carbocycles. The first-order chi connectivity index (χ1) is 14.0. The molecule has 0 saturated carbocycles. The first-order valence-corrected chi connectivity index (χ1v) is 9.80. The quantitative estimate of drug-likeness (QED) is 0.753. The van der Waals surface area contributed by atoms with Gasteiger partial charge in [0.1, 0.15) is 11.4 Å². The molecule has 0 radical (unpaired) electrons. The molecular weight excluding hydrogens is 369 g/mol. The molecule has 0 atom stereocenters. The summed E-state index contributed by atoms with van der Waals surface area (Å²) in [4.78, 5) is 31.3. The van der Waals surface area contributed by atoms with Crippen LogP contribution < -0.4 is 4.90 Å². The van der Waals surface area contributed by atoms with Gasteiger partial charge in [-0.05, 0) is 48.7 Å². The maximum atomic E-state index is 13.0. The summed E-state index contributed by atoms with van der Waals surface area (Å²) in [5.41, 5.74) is 1.21. The fraction of sp³-hybridized carbons (Fsp3) is 0.304. The Morgan fingerprint density at radius 2 is 1.69 bits per heavy atom. The minimum Gasteiger partial charge on any atom is -0.339 e. The Hall–Kier alpha value is -3.15. The Morgan fingerprint density at radius 1 is 1.03 bits per heavy atom. The van der Waals surface area contributed by atoms with Gasteiger partial charge in [0.25, 0.3) is 0 Å². The highest BCUT2D eigenvalue weighted by Crippen LogP contribution is 2.38. The van der Waals surface area contributed by atoms with Gasteiger partial charge in [-0.3, -0.25) is 9.59 Å². The highest BCUT2D eigenvalue weighted by molar-refractivity contribution is 5.95. The van der Waals surface area contributed by atoms with E-state index in [9.17, 15) is 14.0 Å². The molecule has 2 aliphatic heterocycles. The third-order valence-electron chi connectivity index (χ3n) is 5.87. The molecule has 150 valence electrons. The number of carbonyl (C=O) groups is 2. The van der Waals surface area contributed by atoms with Crippen LogP contribution in [0.5, 0.6) is 0 Å². The predicted octanol–water partition coefficient (Wildman–Crippen LogP) is 3.14. The van der Waals surface area contributed by atoms with Crippen molar-refractivity contribution >= 4 is 23.6 Å². The number of nitrogens with zero attached hydrogens (tertiary/aromatic N) is 3. The van der Waals surface area contributed by atoms with Gasteiger partial charge in [0, 0.05) is 31.9 Å². The van der Waals surface area contributed by atoms with Crippen LogP contribution >= 0.6 is 0 Å². The van der Waals surface area contributed by atoms with Crippen molar-refractivity contribution in [3.63, 3.8) is 0 Å². The number of para-hydroxylation sites is 1. The molecule has 0 N–H and O–H groups in total. The maximum absolute atomic E-state index is 13.0. The third kappa shape index (κ3) is 3.62. The Balaban J connectivity index is 1.46. The molecule has 4 rings (SSSR count). The summed E-state index contributed by atoms with van der Waals surface area (Å²) in [5, 5.41) is 0. The van der Waals surface area contributed by atoms with Gasteiger partial charge >= 0.3 is 0 Å². The Bertz CT molecular complexity index is 919. The number of likely N-dealkylation sites (N-methyl/N-ethyl adjacent to an activating group) is 1. The molecule has 2 heterocycles. The summed E-state index contributed by atoms with van der Waals surface area (Å²) in [6, 6.07) is 16.0. The first-order valence-electron chi connectivity index (χ1n) is 9.80. The zero-order valence-electron chi connectivity index (χ0n) is 16.4. The lowest BCUT2D eigenvalue weighted by molar-refractivity contribution is -0.135. The van der Waals surface area contributed by atoms with Gasteiger partial charge in [-0.15, -0.1) is 0 Å². The number of hydrogen-bond donors (Lipinski definition) is 0. The van der Waals surface area contributed by atoms with Gasteiger partial charge in [0.15, 0.2) is 0 Å². The molecule has 1 spiro atoms. The average Bonchev–Trinajstić information content (AvgIpc) is 2.99. The fourth-order valence-corrected chi connectivity index (χ4v) is 4.25. The number of rotatable bonds is 3. The summed E-state index contributed by atoms with van der Waals surface area (Å²) >= 11 is 0. The van der Waals surface area contributed by atoms with Crippen molar-refractivity contribution in [3.05, 3.63) is 72.1 Å². The largest absolute Gasteiger partial charge is 0.339 e. The summed E-state index contributed by atoms with van der Waals surface area (Å²) in [6.07, 6.45) is 4.40.